The summed E-state index contributed by atoms with van der Waals surface area (Å²) in [5, 5.41) is 12.3. The summed E-state index contributed by atoms with van der Waals surface area (Å²) in [6.07, 6.45) is 4.74. The van der Waals surface area contributed by atoms with Gasteiger partial charge < -0.3 is 10.4 Å². The lowest BCUT2D eigenvalue weighted by Gasteiger charge is -2.23. The van der Waals surface area contributed by atoms with Gasteiger partial charge in [0.25, 0.3) is 0 Å². The molecule has 110 valence electrons. The standard InChI is InChI=1S/C17H19NO3/c1-10-2-4-11(5-3-10)9-18-16(19)14-12-6-7-13(8-12)15(14)17(20)21/h2-7,12-15H,8-9H2,1H3,(H,18,19)(H,20,21)/t12-,13-,14+,15+/m0/s1. The summed E-state index contributed by atoms with van der Waals surface area (Å²) in [5.74, 6) is -1.90. The van der Waals surface area contributed by atoms with Crippen LogP contribution in [0.4, 0.5) is 0 Å². The van der Waals surface area contributed by atoms with E-state index in [0.717, 1.165) is 12.0 Å². The predicted molar refractivity (Wildman–Crippen MR) is 78.4 cm³/mol. The number of carbonyl (C=O) groups excluding carboxylic acids is 1. The normalized spacial score (nSPS) is 29.6. The lowest BCUT2D eigenvalue weighted by atomic mass is 9.82. The Bertz CT molecular complexity index is 591. The molecule has 4 atom stereocenters. The molecular formula is C17H19NO3. The second kappa shape index (κ2) is 5.35. The number of carboxylic acids is 1. The summed E-state index contributed by atoms with van der Waals surface area (Å²) in [5.41, 5.74) is 2.20. The zero-order valence-electron chi connectivity index (χ0n) is 12.0. The minimum Gasteiger partial charge on any atom is -0.481 e. The molecular weight excluding hydrogens is 266 g/mol. The van der Waals surface area contributed by atoms with E-state index in [4.69, 9.17) is 0 Å². The Labute approximate surface area is 123 Å². The van der Waals surface area contributed by atoms with E-state index in [1.54, 1.807) is 0 Å². The van der Waals surface area contributed by atoms with Gasteiger partial charge in [-0.1, -0.05) is 42.0 Å². The van der Waals surface area contributed by atoms with Gasteiger partial charge in [0.2, 0.25) is 5.91 Å². The number of rotatable bonds is 4. The van der Waals surface area contributed by atoms with Gasteiger partial charge in [-0.25, -0.2) is 0 Å². The maximum absolute atomic E-state index is 12.4. The fraction of sp³-hybridized carbons (Fsp3) is 0.412. The summed E-state index contributed by atoms with van der Waals surface area (Å²) in [6.45, 7) is 2.46. The van der Waals surface area contributed by atoms with E-state index < -0.39 is 17.8 Å². The van der Waals surface area contributed by atoms with Crippen LogP contribution in [0.1, 0.15) is 17.5 Å². The van der Waals surface area contributed by atoms with Crippen molar-refractivity contribution in [3.8, 4) is 0 Å². The van der Waals surface area contributed by atoms with Gasteiger partial charge in [-0.05, 0) is 30.7 Å². The zero-order chi connectivity index (χ0) is 15.0. The molecule has 1 aromatic carbocycles. The highest BCUT2D eigenvalue weighted by atomic mass is 16.4. The highest BCUT2D eigenvalue weighted by Gasteiger charge is 2.51. The van der Waals surface area contributed by atoms with E-state index >= 15 is 0 Å². The number of carbonyl (C=O) groups is 2. The van der Waals surface area contributed by atoms with Crippen molar-refractivity contribution in [2.24, 2.45) is 23.7 Å². The first-order valence-electron chi connectivity index (χ1n) is 7.30. The Kier molecular flexibility index (Phi) is 3.53. The number of allylic oxidation sites excluding steroid dienone is 2. The van der Waals surface area contributed by atoms with Crippen LogP contribution in [0.15, 0.2) is 36.4 Å². The van der Waals surface area contributed by atoms with Crippen molar-refractivity contribution in [1.29, 1.82) is 0 Å². The number of fused-ring (bicyclic) bond motifs is 2. The Morgan fingerprint density at radius 3 is 2.38 bits per heavy atom. The van der Waals surface area contributed by atoms with E-state index in [1.807, 2.05) is 43.3 Å². The number of hydrogen-bond acceptors (Lipinski definition) is 2. The van der Waals surface area contributed by atoms with Gasteiger partial charge in [0, 0.05) is 6.54 Å². The molecule has 0 saturated heterocycles. The molecule has 4 heteroatoms. The fourth-order valence-electron chi connectivity index (χ4n) is 3.53. The van der Waals surface area contributed by atoms with E-state index in [9.17, 15) is 14.7 Å². The number of hydrogen-bond donors (Lipinski definition) is 2. The average molecular weight is 285 g/mol. The van der Waals surface area contributed by atoms with Gasteiger partial charge in [0.15, 0.2) is 0 Å². The molecule has 21 heavy (non-hydrogen) atoms. The molecule has 1 saturated carbocycles. The van der Waals surface area contributed by atoms with Crippen LogP contribution in [0.2, 0.25) is 0 Å². The molecule has 1 amide bonds. The smallest absolute Gasteiger partial charge is 0.307 e. The number of amides is 1. The first kappa shape index (κ1) is 13.9. The summed E-state index contributed by atoms with van der Waals surface area (Å²) in [7, 11) is 0. The third-order valence-corrected chi connectivity index (χ3v) is 4.63. The van der Waals surface area contributed by atoms with Crippen LogP contribution in [0.5, 0.6) is 0 Å². The lowest BCUT2D eigenvalue weighted by Crippen LogP contribution is -2.39. The van der Waals surface area contributed by atoms with E-state index in [1.165, 1.54) is 5.56 Å². The molecule has 1 fully saturated rings. The van der Waals surface area contributed by atoms with Crippen molar-refractivity contribution in [1.82, 2.24) is 5.32 Å². The summed E-state index contributed by atoms with van der Waals surface area (Å²) in [4.78, 5) is 23.8. The van der Waals surface area contributed by atoms with E-state index in [-0.39, 0.29) is 17.7 Å². The highest BCUT2D eigenvalue weighted by molar-refractivity contribution is 5.86. The van der Waals surface area contributed by atoms with Gasteiger partial charge in [-0.2, -0.15) is 0 Å². The van der Waals surface area contributed by atoms with E-state index in [0.29, 0.717) is 6.54 Å². The molecule has 3 rings (SSSR count). The first-order chi connectivity index (χ1) is 10.1. The average Bonchev–Trinajstić information content (AvgIpc) is 3.06. The Morgan fingerprint density at radius 1 is 1.14 bits per heavy atom. The number of carboxylic acid groups (broad SMARTS) is 1. The quantitative estimate of drug-likeness (QED) is 0.833. The van der Waals surface area contributed by atoms with Crippen molar-refractivity contribution in [2.45, 2.75) is 19.9 Å². The van der Waals surface area contributed by atoms with Crippen molar-refractivity contribution in [3.05, 3.63) is 47.5 Å². The Hall–Kier alpha value is -2.10. The fourth-order valence-corrected chi connectivity index (χ4v) is 3.53. The SMILES string of the molecule is Cc1ccc(CNC(=O)[C@H]2[C@H](C(=O)O)[C@H]3C=C[C@H]2C3)cc1. The number of aliphatic carboxylic acids is 1. The summed E-state index contributed by atoms with van der Waals surface area (Å²) >= 11 is 0. The van der Waals surface area contributed by atoms with Crippen LogP contribution >= 0.6 is 0 Å². The van der Waals surface area contributed by atoms with Crippen LogP contribution in [0.25, 0.3) is 0 Å². The summed E-state index contributed by atoms with van der Waals surface area (Å²) < 4.78 is 0. The third kappa shape index (κ3) is 2.58. The zero-order valence-corrected chi connectivity index (χ0v) is 12.0. The second-order valence-corrected chi connectivity index (χ2v) is 6.04. The molecule has 0 radical (unpaired) electrons. The van der Waals surface area contributed by atoms with Crippen LogP contribution in [0.3, 0.4) is 0 Å². The van der Waals surface area contributed by atoms with Gasteiger partial charge in [-0.3, -0.25) is 9.59 Å². The second-order valence-electron chi connectivity index (χ2n) is 6.04. The summed E-state index contributed by atoms with van der Waals surface area (Å²) in [6, 6.07) is 7.96. The lowest BCUT2D eigenvalue weighted by molar-refractivity contribution is -0.147. The largest absolute Gasteiger partial charge is 0.481 e. The molecule has 2 aliphatic carbocycles. The van der Waals surface area contributed by atoms with Gasteiger partial charge >= 0.3 is 5.97 Å². The molecule has 0 aliphatic heterocycles. The van der Waals surface area contributed by atoms with Crippen LogP contribution < -0.4 is 5.32 Å². The van der Waals surface area contributed by atoms with Crippen LogP contribution in [-0.2, 0) is 16.1 Å². The molecule has 2 N–H and O–H groups in total. The molecule has 0 unspecified atom stereocenters. The highest BCUT2D eigenvalue weighted by Crippen LogP contribution is 2.48. The predicted octanol–water partition coefficient (Wildman–Crippen LogP) is 2.13. The van der Waals surface area contributed by atoms with Crippen molar-refractivity contribution >= 4 is 11.9 Å². The number of aryl methyl sites for hydroxylation is 1. The molecule has 1 aromatic rings. The minimum absolute atomic E-state index is 0.0163. The van der Waals surface area contributed by atoms with Crippen molar-refractivity contribution in [3.63, 3.8) is 0 Å². The van der Waals surface area contributed by atoms with Crippen molar-refractivity contribution in [2.75, 3.05) is 0 Å². The van der Waals surface area contributed by atoms with Gasteiger partial charge in [-0.15, -0.1) is 0 Å². The maximum atomic E-state index is 12.4. The Morgan fingerprint density at radius 2 is 1.76 bits per heavy atom. The van der Waals surface area contributed by atoms with Crippen LogP contribution in [0, 0.1) is 30.6 Å². The van der Waals surface area contributed by atoms with Crippen molar-refractivity contribution < 1.29 is 14.7 Å². The minimum atomic E-state index is -0.859. The Balaban J connectivity index is 1.66. The molecule has 2 aliphatic rings. The first-order valence-corrected chi connectivity index (χ1v) is 7.30. The number of nitrogens with one attached hydrogen (secondary N) is 1. The molecule has 2 bridgehead atoms. The van der Waals surface area contributed by atoms with E-state index in [2.05, 4.69) is 5.32 Å². The molecule has 0 spiro atoms. The number of benzene rings is 1. The molecule has 4 nitrogen and oxygen atoms in total. The topological polar surface area (TPSA) is 66.4 Å². The van der Waals surface area contributed by atoms with Gasteiger partial charge in [0.05, 0.1) is 11.8 Å². The molecule has 0 heterocycles. The molecule has 0 aromatic heterocycles. The third-order valence-electron chi connectivity index (χ3n) is 4.63. The van der Waals surface area contributed by atoms with Crippen LogP contribution in [-0.4, -0.2) is 17.0 Å². The van der Waals surface area contributed by atoms with Gasteiger partial charge in [0.1, 0.15) is 0 Å². The maximum Gasteiger partial charge on any atom is 0.307 e. The monoisotopic (exact) mass is 285 g/mol.